The maximum absolute atomic E-state index is 13.4. The van der Waals surface area contributed by atoms with Crippen LogP contribution in [0.25, 0.3) is 6.08 Å². The molecule has 0 aliphatic carbocycles. The molecule has 10 nitrogen and oxygen atoms in total. The van der Waals surface area contributed by atoms with Gasteiger partial charge in [0.25, 0.3) is 11.8 Å². The first-order valence-corrected chi connectivity index (χ1v) is 14.2. The van der Waals surface area contributed by atoms with Crippen molar-refractivity contribution in [3.63, 3.8) is 0 Å². The summed E-state index contributed by atoms with van der Waals surface area (Å²) in [6.07, 6.45) is 1.45. The zero-order valence-corrected chi connectivity index (χ0v) is 24.6. The summed E-state index contributed by atoms with van der Waals surface area (Å²) in [5, 5.41) is 18.0. The van der Waals surface area contributed by atoms with E-state index in [2.05, 4.69) is 16.0 Å². The number of esters is 1. The molecule has 11 heteroatoms. The van der Waals surface area contributed by atoms with Gasteiger partial charge in [-0.25, -0.2) is 4.79 Å². The van der Waals surface area contributed by atoms with Crippen LogP contribution < -0.4 is 20.7 Å². The molecular weight excluding hydrogens is 582 g/mol. The number of benzene rings is 4. The average Bonchev–Trinajstić information content (AvgIpc) is 3.04. The molecular formula is C33H29N3O7S. The van der Waals surface area contributed by atoms with E-state index in [0.29, 0.717) is 33.1 Å². The molecule has 0 radical (unpaired) electrons. The maximum atomic E-state index is 13.4. The molecule has 0 bridgehead atoms. The van der Waals surface area contributed by atoms with Crippen LogP contribution in [0.15, 0.2) is 108 Å². The van der Waals surface area contributed by atoms with Gasteiger partial charge >= 0.3 is 5.97 Å². The maximum Gasteiger partial charge on any atom is 0.339 e. The number of hydrogen-bond donors (Lipinski definition) is 4. The first-order valence-electron chi connectivity index (χ1n) is 13.2. The van der Waals surface area contributed by atoms with E-state index in [9.17, 15) is 24.3 Å². The first kappa shape index (κ1) is 31.4. The van der Waals surface area contributed by atoms with Crippen molar-refractivity contribution in [1.82, 2.24) is 5.32 Å². The molecule has 0 aliphatic rings. The Kier molecular flexibility index (Phi) is 10.8. The number of aromatic hydroxyl groups is 1. The van der Waals surface area contributed by atoms with Crippen molar-refractivity contribution in [2.24, 2.45) is 0 Å². The number of anilines is 2. The molecule has 0 aromatic heterocycles. The SMILES string of the molecule is COC(=O)c1ccccc1NC(=O)CSc1cccc(NC(=O)/C(=C\c2ccc(O)cc2OC)NC(=O)c2ccccc2)c1. The van der Waals surface area contributed by atoms with Gasteiger partial charge in [-0.1, -0.05) is 36.4 Å². The summed E-state index contributed by atoms with van der Waals surface area (Å²) in [7, 11) is 2.69. The third kappa shape index (κ3) is 8.49. The summed E-state index contributed by atoms with van der Waals surface area (Å²) in [6.45, 7) is 0. The highest BCUT2D eigenvalue weighted by Crippen LogP contribution is 2.27. The number of methoxy groups -OCH3 is 2. The molecule has 224 valence electrons. The summed E-state index contributed by atoms with van der Waals surface area (Å²) < 4.78 is 10.1. The predicted octanol–water partition coefficient (Wildman–Crippen LogP) is 5.33. The molecule has 0 atom stereocenters. The molecule has 4 aromatic rings. The number of phenols is 1. The van der Waals surface area contributed by atoms with Gasteiger partial charge in [0, 0.05) is 27.8 Å². The Morgan fingerprint density at radius 3 is 2.34 bits per heavy atom. The van der Waals surface area contributed by atoms with Gasteiger partial charge in [0.05, 0.1) is 31.2 Å². The summed E-state index contributed by atoms with van der Waals surface area (Å²) in [4.78, 5) is 51.7. The lowest BCUT2D eigenvalue weighted by Gasteiger charge is -2.13. The summed E-state index contributed by atoms with van der Waals surface area (Å²) in [5.41, 5.74) is 1.75. The van der Waals surface area contributed by atoms with Crippen molar-refractivity contribution in [2.45, 2.75) is 4.90 Å². The fraction of sp³-hybridized carbons (Fsp3) is 0.0909. The van der Waals surface area contributed by atoms with E-state index < -0.39 is 17.8 Å². The monoisotopic (exact) mass is 611 g/mol. The molecule has 4 rings (SSSR count). The van der Waals surface area contributed by atoms with Crippen LogP contribution in [-0.4, -0.2) is 48.8 Å². The molecule has 0 saturated heterocycles. The van der Waals surface area contributed by atoms with Crippen molar-refractivity contribution in [3.05, 3.63) is 119 Å². The van der Waals surface area contributed by atoms with Crippen LogP contribution in [0.4, 0.5) is 11.4 Å². The van der Waals surface area contributed by atoms with Crippen LogP contribution in [0.3, 0.4) is 0 Å². The molecule has 0 aliphatic heterocycles. The second-order valence-electron chi connectivity index (χ2n) is 9.16. The number of carbonyl (C=O) groups is 4. The Bertz CT molecular complexity index is 1710. The predicted molar refractivity (Wildman–Crippen MR) is 169 cm³/mol. The van der Waals surface area contributed by atoms with Gasteiger partial charge in [0.1, 0.15) is 17.2 Å². The molecule has 0 saturated carbocycles. The molecule has 0 unspecified atom stereocenters. The Morgan fingerprint density at radius 1 is 0.841 bits per heavy atom. The topological polar surface area (TPSA) is 143 Å². The van der Waals surface area contributed by atoms with Crippen molar-refractivity contribution >= 4 is 52.9 Å². The molecule has 3 amide bonds. The number of phenolic OH excluding ortho intramolecular Hbond substituents is 1. The van der Waals surface area contributed by atoms with Gasteiger partial charge in [0.15, 0.2) is 0 Å². The number of para-hydroxylation sites is 1. The number of nitrogens with one attached hydrogen (secondary N) is 3. The smallest absolute Gasteiger partial charge is 0.339 e. The van der Waals surface area contributed by atoms with Crippen LogP contribution in [-0.2, 0) is 14.3 Å². The minimum absolute atomic E-state index is 0.0195. The van der Waals surface area contributed by atoms with Crippen LogP contribution in [0, 0.1) is 0 Å². The van der Waals surface area contributed by atoms with Gasteiger partial charge in [-0.05, 0) is 60.7 Å². The van der Waals surface area contributed by atoms with Gasteiger partial charge in [-0.2, -0.15) is 0 Å². The number of ether oxygens (including phenoxy) is 2. The number of rotatable bonds is 11. The van der Waals surface area contributed by atoms with Crippen LogP contribution in [0.2, 0.25) is 0 Å². The van der Waals surface area contributed by atoms with E-state index in [1.54, 1.807) is 84.9 Å². The van der Waals surface area contributed by atoms with Gasteiger partial charge in [0.2, 0.25) is 5.91 Å². The molecule has 0 spiro atoms. The number of carbonyl (C=O) groups excluding carboxylic acids is 4. The zero-order chi connectivity index (χ0) is 31.5. The Hall–Kier alpha value is -5.55. The number of amides is 3. The van der Waals surface area contributed by atoms with Crippen molar-refractivity contribution in [1.29, 1.82) is 0 Å². The number of hydrogen-bond acceptors (Lipinski definition) is 8. The Balaban J connectivity index is 1.49. The van der Waals surface area contributed by atoms with E-state index >= 15 is 0 Å². The Labute approximate surface area is 258 Å². The lowest BCUT2D eigenvalue weighted by atomic mass is 10.1. The Morgan fingerprint density at radius 2 is 1.59 bits per heavy atom. The second-order valence-corrected chi connectivity index (χ2v) is 10.2. The van der Waals surface area contributed by atoms with Gasteiger partial charge in [-0.15, -0.1) is 11.8 Å². The highest BCUT2D eigenvalue weighted by Gasteiger charge is 2.17. The summed E-state index contributed by atoms with van der Waals surface area (Å²) >= 11 is 1.23. The highest BCUT2D eigenvalue weighted by atomic mass is 32.2. The highest BCUT2D eigenvalue weighted by molar-refractivity contribution is 8.00. The summed E-state index contributed by atoms with van der Waals surface area (Å²) in [6, 6.07) is 26.2. The molecule has 4 N–H and O–H groups in total. The van der Waals surface area contributed by atoms with Crippen LogP contribution >= 0.6 is 11.8 Å². The van der Waals surface area contributed by atoms with E-state index in [4.69, 9.17) is 9.47 Å². The largest absolute Gasteiger partial charge is 0.508 e. The lowest BCUT2D eigenvalue weighted by molar-refractivity contribution is -0.114. The second kappa shape index (κ2) is 15.1. The molecule has 44 heavy (non-hydrogen) atoms. The lowest BCUT2D eigenvalue weighted by Crippen LogP contribution is -2.30. The standard InChI is InChI=1S/C33H29N3O7S/c1-42-29-19-24(37)16-15-22(29)17-28(36-31(39)21-9-4-3-5-10-21)32(40)34-23-11-8-12-25(18-23)44-20-30(38)35-27-14-7-6-13-26(27)33(41)43-2/h3-19,37H,20H2,1-2H3,(H,34,40)(H,35,38)(H,36,39)/b28-17+. The molecule has 0 fully saturated rings. The quantitative estimate of drug-likeness (QED) is 0.101. The van der Waals surface area contributed by atoms with E-state index in [1.807, 2.05) is 0 Å². The van der Waals surface area contributed by atoms with Gasteiger partial charge in [-0.3, -0.25) is 14.4 Å². The van der Waals surface area contributed by atoms with Crippen LogP contribution in [0.1, 0.15) is 26.3 Å². The number of thioether (sulfide) groups is 1. The third-order valence-electron chi connectivity index (χ3n) is 6.11. The normalized spacial score (nSPS) is 10.8. The van der Waals surface area contributed by atoms with E-state index in [0.717, 1.165) is 0 Å². The van der Waals surface area contributed by atoms with Crippen LogP contribution in [0.5, 0.6) is 11.5 Å². The molecule has 4 aromatic carbocycles. The van der Waals surface area contributed by atoms with E-state index in [-0.39, 0.29) is 28.7 Å². The zero-order valence-electron chi connectivity index (χ0n) is 23.8. The summed E-state index contributed by atoms with van der Waals surface area (Å²) in [5.74, 6) is -1.68. The van der Waals surface area contributed by atoms with Crippen molar-refractivity contribution in [2.75, 3.05) is 30.6 Å². The van der Waals surface area contributed by atoms with E-state index in [1.165, 1.54) is 44.2 Å². The van der Waals surface area contributed by atoms with Gasteiger partial charge < -0.3 is 30.5 Å². The van der Waals surface area contributed by atoms with Crippen molar-refractivity contribution < 1.29 is 33.8 Å². The fourth-order valence-electron chi connectivity index (χ4n) is 3.99. The average molecular weight is 612 g/mol. The molecule has 0 heterocycles. The third-order valence-corrected chi connectivity index (χ3v) is 7.11. The minimum atomic E-state index is -0.608. The minimum Gasteiger partial charge on any atom is -0.508 e. The van der Waals surface area contributed by atoms with Crippen molar-refractivity contribution in [3.8, 4) is 11.5 Å². The first-order chi connectivity index (χ1) is 21.3. The fourth-order valence-corrected chi connectivity index (χ4v) is 4.75.